The fourth-order valence-electron chi connectivity index (χ4n) is 2.66. The highest BCUT2D eigenvalue weighted by atomic mass is 32.2. The first-order chi connectivity index (χ1) is 11.9. The number of carbonyl (C=O) groups excluding carboxylic acids is 1. The summed E-state index contributed by atoms with van der Waals surface area (Å²) in [5.74, 6) is -0.232. The number of rotatable bonds is 6. The average Bonchev–Trinajstić information content (AvgIpc) is 3.40. The van der Waals surface area contributed by atoms with E-state index >= 15 is 0 Å². The Morgan fingerprint density at radius 1 is 1.16 bits per heavy atom. The molecule has 1 fully saturated rings. The number of nitrogens with one attached hydrogen (secondary N) is 2. The van der Waals surface area contributed by atoms with Crippen molar-refractivity contribution in [1.82, 2.24) is 5.32 Å². The first-order valence-corrected chi connectivity index (χ1v) is 9.91. The van der Waals surface area contributed by atoms with Gasteiger partial charge in [0.25, 0.3) is 15.9 Å². The topological polar surface area (TPSA) is 75.3 Å². The number of benzene rings is 2. The van der Waals surface area contributed by atoms with Crippen LogP contribution >= 0.6 is 0 Å². The predicted molar refractivity (Wildman–Crippen MR) is 98.3 cm³/mol. The fraction of sp³-hybridized carbons (Fsp3) is 0.316. The molecule has 6 heteroatoms. The van der Waals surface area contributed by atoms with E-state index in [1.54, 1.807) is 12.1 Å². The Morgan fingerprint density at radius 2 is 1.88 bits per heavy atom. The van der Waals surface area contributed by atoms with Gasteiger partial charge >= 0.3 is 0 Å². The Balaban J connectivity index is 1.89. The Kier molecular flexibility index (Phi) is 4.81. The first kappa shape index (κ1) is 17.5. The Hall–Kier alpha value is -2.34. The largest absolute Gasteiger partial charge is 0.349 e. The summed E-state index contributed by atoms with van der Waals surface area (Å²) in [4.78, 5) is 12.2. The van der Waals surface area contributed by atoms with E-state index in [-0.39, 0.29) is 16.8 Å². The third-order valence-electron chi connectivity index (χ3n) is 4.30. The second-order valence-electron chi connectivity index (χ2n) is 6.34. The van der Waals surface area contributed by atoms with Crippen LogP contribution in [-0.2, 0) is 16.4 Å². The molecule has 0 heterocycles. The molecule has 0 aliphatic heterocycles. The van der Waals surface area contributed by atoms with Crippen LogP contribution in [-0.4, -0.2) is 20.4 Å². The molecule has 132 valence electrons. The predicted octanol–water partition coefficient (Wildman–Crippen LogP) is 3.25. The van der Waals surface area contributed by atoms with Gasteiger partial charge in [0, 0.05) is 11.6 Å². The van der Waals surface area contributed by atoms with Crippen molar-refractivity contribution in [3.63, 3.8) is 0 Å². The van der Waals surface area contributed by atoms with Crippen molar-refractivity contribution in [2.75, 3.05) is 4.72 Å². The molecule has 2 aromatic rings. The molecular formula is C19H22N2O3S. The van der Waals surface area contributed by atoms with Crippen molar-refractivity contribution in [1.29, 1.82) is 0 Å². The summed E-state index contributed by atoms with van der Waals surface area (Å²) in [5.41, 5.74) is 2.77. The second kappa shape index (κ2) is 6.88. The molecule has 0 bridgehead atoms. The van der Waals surface area contributed by atoms with Crippen molar-refractivity contribution < 1.29 is 13.2 Å². The highest BCUT2D eigenvalue weighted by Crippen LogP contribution is 2.25. The van der Waals surface area contributed by atoms with Crippen LogP contribution in [0.1, 0.15) is 41.3 Å². The van der Waals surface area contributed by atoms with Gasteiger partial charge in [-0.1, -0.05) is 31.2 Å². The molecule has 5 nitrogen and oxygen atoms in total. The SMILES string of the molecule is CCc1cccc(C)c1NS(=O)(=O)c1cccc(C(=O)NC2CC2)c1. The Morgan fingerprint density at radius 3 is 2.56 bits per heavy atom. The van der Waals surface area contributed by atoms with Crippen LogP contribution < -0.4 is 10.0 Å². The standard InChI is InChI=1S/C19H22N2O3S/c1-3-14-7-4-6-13(2)18(14)21-25(23,24)17-9-5-8-15(12-17)19(22)20-16-10-11-16/h4-9,12,16,21H,3,10-11H2,1-2H3,(H,20,22). The van der Waals surface area contributed by atoms with E-state index in [0.717, 1.165) is 30.4 Å². The van der Waals surface area contributed by atoms with Crippen LogP contribution in [0, 0.1) is 6.92 Å². The lowest BCUT2D eigenvalue weighted by Gasteiger charge is -2.15. The van der Waals surface area contributed by atoms with Crippen LogP contribution in [0.4, 0.5) is 5.69 Å². The maximum absolute atomic E-state index is 12.8. The lowest BCUT2D eigenvalue weighted by Crippen LogP contribution is -2.25. The molecule has 0 radical (unpaired) electrons. The van der Waals surface area contributed by atoms with E-state index in [2.05, 4.69) is 10.0 Å². The number of amides is 1. The molecule has 1 saturated carbocycles. The summed E-state index contributed by atoms with van der Waals surface area (Å²) in [6, 6.07) is 12.1. The quantitative estimate of drug-likeness (QED) is 0.832. The summed E-state index contributed by atoms with van der Waals surface area (Å²) < 4.78 is 28.3. The van der Waals surface area contributed by atoms with Crippen LogP contribution in [0.3, 0.4) is 0 Å². The van der Waals surface area contributed by atoms with E-state index in [1.807, 2.05) is 32.0 Å². The van der Waals surface area contributed by atoms with Gasteiger partial charge in [-0.05, 0) is 55.5 Å². The maximum atomic E-state index is 12.8. The number of sulfonamides is 1. The molecule has 25 heavy (non-hydrogen) atoms. The number of carbonyl (C=O) groups is 1. The highest BCUT2D eigenvalue weighted by molar-refractivity contribution is 7.92. The van der Waals surface area contributed by atoms with Crippen LogP contribution in [0.2, 0.25) is 0 Å². The van der Waals surface area contributed by atoms with E-state index in [1.165, 1.54) is 12.1 Å². The molecule has 1 aliphatic rings. The molecule has 3 rings (SSSR count). The number of para-hydroxylation sites is 1. The zero-order valence-corrected chi connectivity index (χ0v) is 15.2. The highest BCUT2D eigenvalue weighted by Gasteiger charge is 2.24. The smallest absolute Gasteiger partial charge is 0.261 e. The molecule has 0 saturated heterocycles. The Bertz CT molecular complexity index is 903. The minimum Gasteiger partial charge on any atom is -0.349 e. The molecular weight excluding hydrogens is 336 g/mol. The second-order valence-corrected chi connectivity index (χ2v) is 8.03. The van der Waals surface area contributed by atoms with Gasteiger partial charge in [0.05, 0.1) is 10.6 Å². The maximum Gasteiger partial charge on any atom is 0.261 e. The first-order valence-electron chi connectivity index (χ1n) is 8.43. The van der Waals surface area contributed by atoms with E-state index in [4.69, 9.17) is 0 Å². The molecule has 0 spiro atoms. The monoisotopic (exact) mass is 358 g/mol. The van der Waals surface area contributed by atoms with Crippen LogP contribution in [0.15, 0.2) is 47.4 Å². The molecule has 2 N–H and O–H groups in total. The molecule has 0 atom stereocenters. The van der Waals surface area contributed by atoms with Gasteiger partial charge in [-0.3, -0.25) is 9.52 Å². The number of anilines is 1. The molecule has 0 aromatic heterocycles. The van der Waals surface area contributed by atoms with Crippen molar-refractivity contribution >= 4 is 21.6 Å². The van der Waals surface area contributed by atoms with Gasteiger partial charge in [-0.15, -0.1) is 0 Å². The van der Waals surface area contributed by atoms with Crippen LogP contribution in [0.5, 0.6) is 0 Å². The van der Waals surface area contributed by atoms with Gasteiger partial charge < -0.3 is 5.32 Å². The zero-order valence-electron chi connectivity index (χ0n) is 14.4. The van der Waals surface area contributed by atoms with E-state index in [0.29, 0.717) is 11.3 Å². The van der Waals surface area contributed by atoms with Crippen molar-refractivity contribution in [3.8, 4) is 0 Å². The number of hydrogen-bond acceptors (Lipinski definition) is 3. The summed E-state index contributed by atoms with van der Waals surface area (Å²) in [6.45, 7) is 3.85. The summed E-state index contributed by atoms with van der Waals surface area (Å²) in [7, 11) is -3.77. The van der Waals surface area contributed by atoms with E-state index in [9.17, 15) is 13.2 Å². The number of hydrogen-bond donors (Lipinski definition) is 2. The third-order valence-corrected chi connectivity index (χ3v) is 5.64. The molecule has 0 unspecified atom stereocenters. The van der Waals surface area contributed by atoms with E-state index < -0.39 is 10.0 Å². The minimum atomic E-state index is -3.77. The van der Waals surface area contributed by atoms with Crippen molar-refractivity contribution in [3.05, 3.63) is 59.2 Å². The normalized spacial score (nSPS) is 14.2. The van der Waals surface area contributed by atoms with Gasteiger partial charge in [-0.2, -0.15) is 0 Å². The van der Waals surface area contributed by atoms with Gasteiger partial charge in [-0.25, -0.2) is 8.42 Å². The molecule has 1 aliphatic carbocycles. The average molecular weight is 358 g/mol. The molecule has 2 aromatic carbocycles. The Labute approximate surface area is 148 Å². The van der Waals surface area contributed by atoms with Crippen molar-refractivity contribution in [2.24, 2.45) is 0 Å². The third kappa shape index (κ3) is 4.02. The minimum absolute atomic E-state index is 0.0845. The summed E-state index contributed by atoms with van der Waals surface area (Å²) >= 11 is 0. The number of aryl methyl sites for hydroxylation is 2. The van der Waals surface area contributed by atoms with Gasteiger partial charge in [0.1, 0.15) is 0 Å². The lowest BCUT2D eigenvalue weighted by atomic mass is 10.1. The fourth-order valence-corrected chi connectivity index (χ4v) is 3.88. The van der Waals surface area contributed by atoms with Crippen molar-refractivity contribution in [2.45, 2.75) is 44.0 Å². The molecule has 1 amide bonds. The summed E-state index contributed by atoms with van der Waals surface area (Å²) in [5, 5.41) is 2.87. The van der Waals surface area contributed by atoms with Gasteiger partial charge in [0.15, 0.2) is 0 Å². The van der Waals surface area contributed by atoms with Crippen LogP contribution in [0.25, 0.3) is 0 Å². The zero-order chi connectivity index (χ0) is 18.0. The van der Waals surface area contributed by atoms with Gasteiger partial charge in [0.2, 0.25) is 0 Å². The summed E-state index contributed by atoms with van der Waals surface area (Å²) in [6.07, 6.45) is 2.69. The lowest BCUT2D eigenvalue weighted by molar-refractivity contribution is 0.0951.